The third-order valence-corrected chi connectivity index (χ3v) is 2.92. The van der Waals surface area contributed by atoms with Gasteiger partial charge in [-0.25, -0.2) is 0 Å². The van der Waals surface area contributed by atoms with Gasteiger partial charge in [0.1, 0.15) is 5.75 Å². The summed E-state index contributed by atoms with van der Waals surface area (Å²) in [6.45, 7) is 6.60. The summed E-state index contributed by atoms with van der Waals surface area (Å²) in [6.07, 6.45) is -0.0753. The van der Waals surface area contributed by atoms with Crippen LogP contribution in [0.15, 0.2) is 18.2 Å². The summed E-state index contributed by atoms with van der Waals surface area (Å²) < 4.78 is 5.67. The quantitative estimate of drug-likeness (QED) is 0.808. The van der Waals surface area contributed by atoms with E-state index in [0.29, 0.717) is 29.8 Å². The Morgan fingerprint density at radius 2 is 2.16 bits per heavy atom. The zero-order valence-electron chi connectivity index (χ0n) is 11.6. The van der Waals surface area contributed by atoms with E-state index in [1.807, 2.05) is 13.0 Å². The molecule has 0 fully saturated rings. The second kappa shape index (κ2) is 7.36. The number of amides is 1. The fourth-order valence-electron chi connectivity index (χ4n) is 1.61. The molecule has 0 radical (unpaired) electrons. The van der Waals surface area contributed by atoms with E-state index in [2.05, 4.69) is 19.2 Å². The summed E-state index contributed by atoms with van der Waals surface area (Å²) in [5.74, 6) is 0.184. The van der Waals surface area contributed by atoms with E-state index < -0.39 is 12.0 Å². The van der Waals surface area contributed by atoms with Crippen LogP contribution in [0.3, 0.4) is 0 Å². The van der Waals surface area contributed by atoms with Gasteiger partial charge in [-0.1, -0.05) is 32.4 Å². The molecule has 0 aliphatic carbocycles. The van der Waals surface area contributed by atoms with Gasteiger partial charge in [0.05, 0.1) is 0 Å². The number of halogens is 1. The van der Waals surface area contributed by atoms with Crippen molar-refractivity contribution in [1.29, 1.82) is 0 Å². The maximum Gasteiger partial charge on any atom is 0.258 e. The largest absolute Gasteiger partial charge is 0.480 e. The number of hydrogen-bond donors (Lipinski definition) is 2. The molecule has 0 heterocycles. The van der Waals surface area contributed by atoms with Crippen LogP contribution < -0.4 is 15.8 Å². The number of nitrogens with two attached hydrogens (primary N) is 1. The molecule has 1 aromatic carbocycles. The van der Waals surface area contributed by atoms with Crippen molar-refractivity contribution >= 4 is 17.5 Å². The average molecular weight is 285 g/mol. The maximum absolute atomic E-state index is 11.2. The molecule has 1 amide bonds. The zero-order chi connectivity index (χ0) is 14.4. The first-order valence-electron chi connectivity index (χ1n) is 6.41. The lowest BCUT2D eigenvalue weighted by atomic mass is 10.1. The Labute approximate surface area is 119 Å². The van der Waals surface area contributed by atoms with Crippen LogP contribution >= 0.6 is 11.6 Å². The molecule has 0 spiro atoms. The molecule has 0 saturated heterocycles. The Bertz CT molecular complexity index is 435. The lowest BCUT2D eigenvalue weighted by molar-refractivity contribution is -0.124. The number of nitrogens with one attached hydrogen (secondary N) is 1. The van der Waals surface area contributed by atoms with Crippen LogP contribution in [0.5, 0.6) is 5.75 Å². The maximum atomic E-state index is 11.2. The molecule has 4 nitrogen and oxygen atoms in total. The normalized spacial score (nSPS) is 12.5. The molecule has 1 unspecified atom stereocenters. The molecule has 1 aromatic rings. The van der Waals surface area contributed by atoms with E-state index in [0.717, 1.165) is 5.56 Å². The molecule has 0 bridgehead atoms. The Balaban J connectivity index is 2.89. The van der Waals surface area contributed by atoms with Gasteiger partial charge in [0.15, 0.2) is 6.10 Å². The minimum Gasteiger partial charge on any atom is -0.480 e. The van der Waals surface area contributed by atoms with E-state index in [-0.39, 0.29) is 0 Å². The summed E-state index contributed by atoms with van der Waals surface area (Å²) in [5.41, 5.74) is 6.21. The van der Waals surface area contributed by atoms with E-state index in [9.17, 15) is 4.79 Å². The van der Waals surface area contributed by atoms with Crippen LogP contribution in [0.25, 0.3) is 0 Å². The Hall–Kier alpha value is -1.26. The van der Waals surface area contributed by atoms with Gasteiger partial charge in [0.2, 0.25) is 0 Å². The van der Waals surface area contributed by atoms with Crippen LogP contribution in [0.2, 0.25) is 5.02 Å². The predicted octanol–water partition coefficient (Wildman–Crippen LogP) is 2.48. The molecule has 0 aliphatic rings. The lowest BCUT2D eigenvalue weighted by Gasteiger charge is -2.18. The van der Waals surface area contributed by atoms with E-state index in [1.165, 1.54) is 0 Å². The van der Waals surface area contributed by atoms with Gasteiger partial charge in [-0.2, -0.15) is 0 Å². The molecular formula is C14H21ClN2O2. The highest BCUT2D eigenvalue weighted by molar-refractivity contribution is 6.30. The molecule has 5 heteroatoms. The van der Waals surface area contributed by atoms with Crippen molar-refractivity contribution in [3.05, 3.63) is 28.8 Å². The molecule has 0 aliphatic heterocycles. The smallest absolute Gasteiger partial charge is 0.258 e. The monoisotopic (exact) mass is 284 g/mol. The number of hydrogen-bond acceptors (Lipinski definition) is 3. The number of primary amides is 1. The van der Waals surface area contributed by atoms with Crippen LogP contribution in [-0.2, 0) is 11.3 Å². The SMILES string of the molecule is CCC(Oc1ccc(Cl)cc1CNC(C)C)C(N)=O. The van der Waals surface area contributed by atoms with Gasteiger partial charge in [-0.3, -0.25) is 4.79 Å². The van der Waals surface area contributed by atoms with E-state index >= 15 is 0 Å². The predicted molar refractivity (Wildman–Crippen MR) is 77.3 cm³/mol. The summed E-state index contributed by atoms with van der Waals surface area (Å²) in [7, 11) is 0. The molecule has 19 heavy (non-hydrogen) atoms. The third-order valence-electron chi connectivity index (χ3n) is 2.68. The molecular weight excluding hydrogens is 264 g/mol. The van der Waals surface area contributed by atoms with Crippen molar-refractivity contribution in [1.82, 2.24) is 5.32 Å². The van der Waals surface area contributed by atoms with Crippen molar-refractivity contribution in [3.8, 4) is 5.75 Å². The van der Waals surface area contributed by atoms with Crippen LogP contribution in [0.4, 0.5) is 0 Å². The number of carbonyl (C=O) groups excluding carboxylic acids is 1. The van der Waals surface area contributed by atoms with Gasteiger partial charge < -0.3 is 15.8 Å². The zero-order valence-corrected chi connectivity index (χ0v) is 12.3. The Morgan fingerprint density at radius 1 is 1.47 bits per heavy atom. The molecule has 1 rings (SSSR count). The summed E-state index contributed by atoms with van der Waals surface area (Å²) in [5, 5.41) is 3.93. The number of ether oxygens (including phenoxy) is 1. The minimum atomic E-state index is -0.612. The van der Waals surface area contributed by atoms with E-state index in [4.69, 9.17) is 22.1 Å². The Kier molecular flexibility index (Phi) is 6.12. The highest BCUT2D eigenvalue weighted by atomic mass is 35.5. The second-order valence-corrected chi connectivity index (χ2v) is 5.14. The summed E-state index contributed by atoms with van der Waals surface area (Å²) in [4.78, 5) is 11.2. The van der Waals surface area contributed by atoms with Gasteiger partial charge >= 0.3 is 0 Å². The fraction of sp³-hybridized carbons (Fsp3) is 0.500. The molecule has 0 aromatic heterocycles. The van der Waals surface area contributed by atoms with Crippen LogP contribution in [0.1, 0.15) is 32.8 Å². The Morgan fingerprint density at radius 3 is 2.68 bits per heavy atom. The number of rotatable bonds is 7. The van der Waals surface area contributed by atoms with Crippen molar-refractivity contribution in [3.63, 3.8) is 0 Å². The molecule has 1 atom stereocenters. The van der Waals surface area contributed by atoms with E-state index in [1.54, 1.807) is 12.1 Å². The first-order chi connectivity index (χ1) is 8.93. The minimum absolute atomic E-state index is 0.352. The highest BCUT2D eigenvalue weighted by Gasteiger charge is 2.16. The van der Waals surface area contributed by atoms with Gasteiger partial charge in [-0.15, -0.1) is 0 Å². The molecule has 0 saturated carbocycles. The van der Waals surface area contributed by atoms with Gasteiger partial charge in [0.25, 0.3) is 5.91 Å². The third kappa shape index (κ3) is 5.09. The van der Waals surface area contributed by atoms with Crippen LogP contribution in [0, 0.1) is 0 Å². The second-order valence-electron chi connectivity index (χ2n) is 4.70. The standard InChI is InChI=1S/C14H21ClN2O2/c1-4-12(14(16)18)19-13-6-5-11(15)7-10(13)8-17-9(2)3/h5-7,9,12,17H,4,8H2,1-3H3,(H2,16,18). The van der Waals surface area contributed by atoms with Crippen LogP contribution in [-0.4, -0.2) is 18.1 Å². The van der Waals surface area contributed by atoms with Gasteiger partial charge in [-0.05, 0) is 24.6 Å². The van der Waals surface area contributed by atoms with Crippen molar-refractivity contribution in [2.24, 2.45) is 5.73 Å². The van der Waals surface area contributed by atoms with Gasteiger partial charge in [0, 0.05) is 23.2 Å². The average Bonchev–Trinajstić information content (AvgIpc) is 2.34. The lowest BCUT2D eigenvalue weighted by Crippen LogP contribution is -2.33. The molecule has 106 valence electrons. The number of carbonyl (C=O) groups is 1. The molecule has 3 N–H and O–H groups in total. The summed E-state index contributed by atoms with van der Waals surface area (Å²) in [6, 6.07) is 5.69. The first kappa shape index (κ1) is 15.8. The fourth-order valence-corrected chi connectivity index (χ4v) is 1.81. The van der Waals surface area contributed by atoms with Crippen molar-refractivity contribution < 1.29 is 9.53 Å². The first-order valence-corrected chi connectivity index (χ1v) is 6.79. The topological polar surface area (TPSA) is 64.3 Å². The summed E-state index contributed by atoms with van der Waals surface area (Å²) >= 11 is 5.99. The van der Waals surface area contributed by atoms with Crippen molar-refractivity contribution in [2.75, 3.05) is 0 Å². The number of benzene rings is 1. The van der Waals surface area contributed by atoms with Crippen molar-refractivity contribution in [2.45, 2.75) is 45.9 Å². The highest BCUT2D eigenvalue weighted by Crippen LogP contribution is 2.24.